The fourth-order valence-corrected chi connectivity index (χ4v) is 4.93. The number of allylic oxidation sites excluding steroid dienone is 1. The molecule has 0 spiro atoms. The van der Waals surface area contributed by atoms with Crippen LogP contribution in [0.4, 0.5) is 0 Å². The molecule has 0 saturated carbocycles. The second-order valence-corrected chi connectivity index (χ2v) is 8.56. The minimum atomic E-state index is -0.554. The van der Waals surface area contributed by atoms with Gasteiger partial charge >= 0.3 is 5.97 Å². The molecule has 3 aromatic heterocycles. The van der Waals surface area contributed by atoms with E-state index in [9.17, 15) is 9.59 Å². The molecule has 4 heterocycles. The van der Waals surface area contributed by atoms with E-state index in [1.807, 2.05) is 17.5 Å². The summed E-state index contributed by atoms with van der Waals surface area (Å²) in [7, 11) is 0. The van der Waals surface area contributed by atoms with Crippen molar-refractivity contribution < 1.29 is 13.9 Å². The van der Waals surface area contributed by atoms with Gasteiger partial charge in [0.1, 0.15) is 11.8 Å². The Bertz CT molecular complexity index is 1210. The van der Waals surface area contributed by atoms with Crippen LogP contribution in [0.1, 0.15) is 37.5 Å². The molecule has 6 nitrogen and oxygen atoms in total. The summed E-state index contributed by atoms with van der Waals surface area (Å²) >= 11 is 2.77. The van der Waals surface area contributed by atoms with Gasteiger partial charge in [-0.25, -0.2) is 9.79 Å². The lowest BCUT2D eigenvalue weighted by Crippen LogP contribution is -2.39. The summed E-state index contributed by atoms with van der Waals surface area (Å²) in [5.74, 6) is 0.142. The largest absolute Gasteiger partial charge is 0.465 e. The van der Waals surface area contributed by atoms with Gasteiger partial charge in [0.25, 0.3) is 5.56 Å². The Balaban J connectivity index is 1.94. The van der Waals surface area contributed by atoms with Crippen LogP contribution in [0.3, 0.4) is 0 Å². The molecule has 1 aliphatic rings. The Morgan fingerprint density at radius 1 is 1.36 bits per heavy atom. The summed E-state index contributed by atoms with van der Waals surface area (Å²) in [6, 6.07) is 6.81. The zero-order valence-electron chi connectivity index (χ0n) is 15.5. The molecule has 8 heteroatoms. The van der Waals surface area contributed by atoms with E-state index < -0.39 is 12.0 Å². The van der Waals surface area contributed by atoms with Crippen molar-refractivity contribution in [3.8, 4) is 0 Å². The Labute approximate surface area is 168 Å². The maximum atomic E-state index is 13.2. The van der Waals surface area contributed by atoms with E-state index in [2.05, 4.69) is 4.99 Å². The Hall–Kier alpha value is -2.71. The lowest BCUT2D eigenvalue weighted by atomic mass is 10.0. The van der Waals surface area contributed by atoms with Crippen LogP contribution in [0.15, 0.2) is 61.4 Å². The van der Waals surface area contributed by atoms with Gasteiger partial charge in [-0.2, -0.15) is 0 Å². The van der Waals surface area contributed by atoms with Gasteiger partial charge in [0.05, 0.1) is 28.2 Å². The normalized spacial score (nSPS) is 17.0. The Kier molecular flexibility index (Phi) is 4.91. The highest BCUT2D eigenvalue weighted by Crippen LogP contribution is 2.33. The number of nitrogens with zero attached hydrogens (tertiary/aromatic N) is 2. The molecule has 4 rings (SSSR count). The molecule has 0 radical (unpaired) electrons. The monoisotopic (exact) mass is 414 g/mol. The molecule has 0 aliphatic carbocycles. The zero-order valence-corrected chi connectivity index (χ0v) is 17.2. The molecule has 0 amide bonds. The highest BCUT2D eigenvalue weighted by molar-refractivity contribution is 7.10. The minimum Gasteiger partial charge on any atom is -0.465 e. The van der Waals surface area contributed by atoms with Crippen molar-refractivity contribution in [1.82, 2.24) is 4.57 Å². The van der Waals surface area contributed by atoms with Crippen molar-refractivity contribution in [2.24, 2.45) is 4.99 Å². The van der Waals surface area contributed by atoms with Crippen LogP contribution in [0.2, 0.25) is 0 Å². The number of esters is 1. The number of carbonyl (C=O) groups excluding carboxylic acids is 1. The summed E-state index contributed by atoms with van der Waals surface area (Å²) in [6.07, 6.45) is 2.99. The maximum absolute atomic E-state index is 13.2. The predicted octanol–water partition coefficient (Wildman–Crippen LogP) is 2.84. The van der Waals surface area contributed by atoms with E-state index in [1.54, 1.807) is 49.8 Å². The number of thiazole rings is 1. The quantitative estimate of drug-likeness (QED) is 0.616. The fourth-order valence-electron chi connectivity index (χ4n) is 3.08. The van der Waals surface area contributed by atoms with Gasteiger partial charge < -0.3 is 9.15 Å². The third-order valence-electron chi connectivity index (χ3n) is 4.21. The van der Waals surface area contributed by atoms with E-state index in [0.29, 0.717) is 26.4 Å². The molecule has 0 saturated heterocycles. The number of ether oxygens (including phenoxy) is 1. The zero-order chi connectivity index (χ0) is 19.8. The molecule has 3 aromatic rings. The highest BCUT2D eigenvalue weighted by Gasteiger charge is 2.34. The number of hydrogen-bond acceptors (Lipinski definition) is 7. The smallest absolute Gasteiger partial charge is 0.338 e. The van der Waals surface area contributed by atoms with Gasteiger partial charge in [0.2, 0.25) is 0 Å². The van der Waals surface area contributed by atoms with E-state index in [4.69, 9.17) is 9.15 Å². The third-order valence-corrected chi connectivity index (χ3v) is 6.12. The van der Waals surface area contributed by atoms with Crippen LogP contribution >= 0.6 is 22.7 Å². The first kappa shape index (κ1) is 18.6. The highest BCUT2D eigenvalue weighted by atomic mass is 32.1. The summed E-state index contributed by atoms with van der Waals surface area (Å²) in [5.41, 5.74) is 0.754. The number of hydrogen-bond donors (Lipinski definition) is 0. The van der Waals surface area contributed by atoms with Gasteiger partial charge in [-0.1, -0.05) is 17.4 Å². The van der Waals surface area contributed by atoms with E-state index in [-0.39, 0.29) is 11.7 Å². The summed E-state index contributed by atoms with van der Waals surface area (Å²) in [5, 5.41) is 1.93. The molecule has 144 valence electrons. The number of aromatic nitrogens is 1. The average molecular weight is 415 g/mol. The summed E-state index contributed by atoms with van der Waals surface area (Å²) < 4.78 is 12.9. The van der Waals surface area contributed by atoms with Gasteiger partial charge in [-0.05, 0) is 44.4 Å². The molecular formula is C20H18N2O4S2. The van der Waals surface area contributed by atoms with Crippen LogP contribution in [-0.4, -0.2) is 16.6 Å². The van der Waals surface area contributed by atoms with Crippen molar-refractivity contribution in [1.29, 1.82) is 0 Å². The van der Waals surface area contributed by atoms with Crippen LogP contribution in [0.5, 0.6) is 0 Å². The molecule has 0 N–H and O–H groups in total. The molecule has 1 atom stereocenters. The van der Waals surface area contributed by atoms with Crippen LogP contribution in [0.25, 0.3) is 6.08 Å². The maximum Gasteiger partial charge on any atom is 0.338 e. The number of rotatable bonds is 4. The molecular weight excluding hydrogens is 396 g/mol. The van der Waals surface area contributed by atoms with Gasteiger partial charge in [0.15, 0.2) is 4.80 Å². The Morgan fingerprint density at radius 2 is 2.18 bits per heavy atom. The fraction of sp³-hybridized carbons (Fsp3) is 0.250. The van der Waals surface area contributed by atoms with Crippen molar-refractivity contribution in [3.63, 3.8) is 0 Å². The second-order valence-electron chi connectivity index (χ2n) is 6.57. The number of fused-ring (bicyclic) bond motifs is 1. The molecule has 1 unspecified atom stereocenters. The van der Waals surface area contributed by atoms with E-state index in [0.717, 1.165) is 4.88 Å². The van der Waals surface area contributed by atoms with Gasteiger partial charge in [-0.3, -0.25) is 9.36 Å². The van der Waals surface area contributed by atoms with Crippen molar-refractivity contribution >= 4 is 34.7 Å². The van der Waals surface area contributed by atoms with Gasteiger partial charge in [0, 0.05) is 11.0 Å². The van der Waals surface area contributed by atoms with Crippen molar-refractivity contribution in [2.45, 2.75) is 32.9 Å². The summed E-state index contributed by atoms with van der Waals surface area (Å²) in [6.45, 7) is 5.38. The lowest BCUT2D eigenvalue weighted by molar-refractivity contribution is -0.143. The third kappa shape index (κ3) is 3.29. The SMILES string of the molecule is CC1=C(C(=O)OC(C)C)C(c2cccs2)n2c(s/c(=C/c3ccco3)c2=O)=N1. The second kappa shape index (κ2) is 7.37. The van der Waals surface area contributed by atoms with Crippen LogP contribution < -0.4 is 14.9 Å². The summed E-state index contributed by atoms with van der Waals surface area (Å²) in [4.78, 5) is 32.0. The lowest BCUT2D eigenvalue weighted by Gasteiger charge is -2.24. The first-order valence-corrected chi connectivity index (χ1v) is 10.5. The molecule has 0 bridgehead atoms. The number of thiophene rings is 1. The number of carbonyl (C=O) groups is 1. The van der Waals surface area contributed by atoms with Crippen LogP contribution in [0, 0.1) is 0 Å². The van der Waals surface area contributed by atoms with E-state index in [1.165, 1.54) is 22.7 Å². The first-order chi connectivity index (χ1) is 13.5. The standard InChI is InChI=1S/C20H18N2O4S2/c1-11(2)26-19(24)16-12(3)21-20-22(17(16)14-7-5-9-27-14)18(23)15(28-20)10-13-6-4-8-25-13/h4-11,17H,1-3H3/b15-10+. The molecule has 28 heavy (non-hydrogen) atoms. The number of furan rings is 1. The van der Waals surface area contributed by atoms with Gasteiger partial charge in [-0.15, -0.1) is 11.3 Å². The topological polar surface area (TPSA) is 73.8 Å². The molecule has 0 fully saturated rings. The minimum absolute atomic E-state index is 0.208. The van der Waals surface area contributed by atoms with Crippen molar-refractivity contribution in [2.75, 3.05) is 0 Å². The Morgan fingerprint density at radius 3 is 2.82 bits per heavy atom. The van der Waals surface area contributed by atoms with Crippen molar-refractivity contribution in [3.05, 3.63) is 77.5 Å². The van der Waals surface area contributed by atoms with Crippen LogP contribution in [-0.2, 0) is 9.53 Å². The average Bonchev–Trinajstić information content (AvgIpc) is 3.37. The predicted molar refractivity (Wildman–Crippen MR) is 108 cm³/mol. The van der Waals surface area contributed by atoms with E-state index >= 15 is 0 Å². The molecule has 1 aliphatic heterocycles. The first-order valence-electron chi connectivity index (χ1n) is 8.76. The molecule has 0 aromatic carbocycles.